The Morgan fingerprint density at radius 1 is 1.50 bits per heavy atom. The van der Waals surface area contributed by atoms with Gasteiger partial charge in [-0.3, -0.25) is 0 Å². The molecule has 0 heterocycles. The highest BCUT2D eigenvalue weighted by Crippen LogP contribution is 2.06. The predicted octanol–water partition coefficient (Wildman–Crippen LogP) is 1.63. The molecule has 60 valence electrons. The van der Waals surface area contributed by atoms with Crippen molar-refractivity contribution in [2.45, 2.75) is 26.7 Å². The first kappa shape index (κ1) is 9.20. The molecule has 0 saturated heterocycles. The molecule has 0 aliphatic rings. The van der Waals surface area contributed by atoms with Crippen molar-refractivity contribution in [1.29, 1.82) is 0 Å². The molecule has 0 unspecified atom stereocenters. The Morgan fingerprint density at radius 3 is 2.30 bits per heavy atom. The van der Waals surface area contributed by atoms with Crippen molar-refractivity contribution in [3.8, 4) is 0 Å². The fourth-order valence-corrected chi connectivity index (χ4v) is 0.691. The van der Waals surface area contributed by atoms with E-state index < -0.39 is 5.09 Å². The Labute approximate surface area is 60.3 Å². The van der Waals surface area contributed by atoms with Crippen molar-refractivity contribution in [1.82, 2.24) is 0 Å². The molecule has 0 saturated carbocycles. The molecular weight excluding hydrogens is 134 g/mol. The van der Waals surface area contributed by atoms with Crippen LogP contribution < -0.4 is 0 Å². The third kappa shape index (κ3) is 4.12. The number of hydrogen-bond acceptors (Lipinski definition) is 3. The summed E-state index contributed by atoms with van der Waals surface area (Å²) >= 11 is 0. The smallest absolute Gasteiger partial charge is 0.294 e. The summed E-state index contributed by atoms with van der Waals surface area (Å²) in [7, 11) is 0. The van der Waals surface area contributed by atoms with Gasteiger partial charge in [-0.25, -0.2) is 0 Å². The van der Waals surface area contributed by atoms with Crippen LogP contribution in [0, 0.1) is 16.0 Å². The lowest BCUT2D eigenvalue weighted by Gasteiger charge is -2.08. The number of nitrogens with zero attached hydrogens (tertiary/aromatic N) is 1. The largest absolute Gasteiger partial charge is 0.314 e. The van der Waals surface area contributed by atoms with Crippen molar-refractivity contribution in [3.05, 3.63) is 10.1 Å². The van der Waals surface area contributed by atoms with Gasteiger partial charge >= 0.3 is 0 Å². The molecule has 0 N–H and O–H groups in total. The van der Waals surface area contributed by atoms with Gasteiger partial charge in [-0.15, -0.1) is 10.1 Å². The molecular formula is C6H13NO3. The fourth-order valence-electron chi connectivity index (χ4n) is 0.691. The molecule has 0 aliphatic carbocycles. The number of rotatable bonds is 5. The minimum atomic E-state index is -0.738. The van der Waals surface area contributed by atoms with Crippen molar-refractivity contribution in [2.75, 3.05) is 6.61 Å². The van der Waals surface area contributed by atoms with Gasteiger partial charge in [0.15, 0.2) is 0 Å². The van der Waals surface area contributed by atoms with E-state index in [1.807, 2.05) is 13.8 Å². The van der Waals surface area contributed by atoms with Crippen LogP contribution in [0.3, 0.4) is 0 Å². The van der Waals surface area contributed by atoms with Crippen molar-refractivity contribution >= 4 is 0 Å². The minimum Gasteiger partial charge on any atom is -0.314 e. The van der Waals surface area contributed by atoms with E-state index in [0.717, 1.165) is 12.8 Å². The summed E-state index contributed by atoms with van der Waals surface area (Å²) in [6.07, 6.45) is 1.87. The Morgan fingerprint density at radius 2 is 2.00 bits per heavy atom. The van der Waals surface area contributed by atoms with Gasteiger partial charge in [0.05, 0.1) is 6.61 Å². The maximum absolute atomic E-state index is 9.72. The molecule has 10 heavy (non-hydrogen) atoms. The molecule has 0 spiro atoms. The zero-order valence-corrected chi connectivity index (χ0v) is 6.37. The van der Waals surface area contributed by atoms with Crippen LogP contribution in [0.4, 0.5) is 0 Å². The van der Waals surface area contributed by atoms with E-state index >= 15 is 0 Å². The highest BCUT2D eigenvalue weighted by Gasteiger charge is 2.04. The Hall–Kier alpha value is -0.800. The zero-order chi connectivity index (χ0) is 7.98. The predicted molar refractivity (Wildman–Crippen MR) is 37.0 cm³/mol. The molecule has 0 aromatic carbocycles. The van der Waals surface area contributed by atoms with Gasteiger partial charge in [0, 0.05) is 0 Å². The van der Waals surface area contributed by atoms with Crippen LogP contribution in [-0.2, 0) is 4.84 Å². The second kappa shape index (κ2) is 5.02. The summed E-state index contributed by atoms with van der Waals surface area (Å²) in [6, 6.07) is 0. The summed E-state index contributed by atoms with van der Waals surface area (Å²) in [5, 5.41) is 8.98. The summed E-state index contributed by atoms with van der Waals surface area (Å²) in [6.45, 7) is 4.23. The fraction of sp³-hybridized carbons (Fsp3) is 1.00. The lowest BCUT2D eigenvalue weighted by molar-refractivity contribution is -0.759. The third-order valence-corrected chi connectivity index (χ3v) is 1.57. The third-order valence-electron chi connectivity index (χ3n) is 1.57. The highest BCUT2D eigenvalue weighted by atomic mass is 16.9. The van der Waals surface area contributed by atoms with Gasteiger partial charge < -0.3 is 4.84 Å². The normalized spacial score (nSPS) is 9.90. The van der Waals surface area contributed by atoms with E-state index in [2.05, 4.69) is 4.84 Å². The molecule has 0 aliphatic heterocycles. The molecule has 4 heteroatoms. The van der Waals surface area contributed by atoms with Gasteiger partial charge in [-0.2, -0.15) is 0 Å². The molecule has 4 nitrogen and oxygen atoms in total. The van der Waals surface area contributed by atoms with E-state index in [1.165, 1.54) is 0 Å². The second-order valence-electron chi connectivity index (χ2n) is 2.20. The van der Waals surface area contributed by atoms with Gasteiger partial charge in [0.2, 0.25) is 0 Å². The molecule has 0 aromatic heterocycles. The molecule has 0 bridgehead atoms. The average Bonchev–Trinajstić information content (AvgIpc) is 1.90. The van der Waals surface area contributed by atoms with E-state index in [4.69, 9.17) is 0 Å². The van der Waals surface area contributed by atoms with Crippen LogP contribution in [0.1, 0.15) is 26.7 Å². The molecule has 0 atom stereocenters. The van der Waals surface area contributed by atoms with Crippen molar-refractivity contribution < 1.29 is 9.92 Å². The molecule has 0 amide bonds. The van der Waals surface area contributed by atoms with Crippen LogP contribution in [0.15, 0.2) is 0 Å². The minimum absolute atomic E-state index is 0.236. The van der Waals surface area contributed by atoms with E-state index in [1.54, 1.807) is 0 Å². The van der Waals surface area contributed by atoms with E-state index in [9.17, 15) is 10.1 Å². The summed E-state index contributed by atoms with van der Waals surface area (Å²) in [5.74, 6) is 0.324. The molecule has 0 fully saturated rings. The summed E-state index contributed by atoms with van der Waals surface area (Å²) in [5.41, 5.74) is 0. The van der Waals surface area contributed by atoms with Crippen LogP contribution in [0.25, 0.3) is 0 Å². The first-order chi connectivity index (χ1) is 4.70. The van der Waals surface area contributed by atoms with Crippen LogP contribution in [0.5, 0.6) is 0 Å². The molecule has 0 radical (unpaired) electrons. The zero-order valence-electron chi connectivity index (χ0n) is 6.37. The quantitative estimate of drug-likeness (QED) is 0.438. The Bertz CT molecular complexity index is 101. The van der Waals surface area contributed by atoms with Crippen LogP contribution >= 0.6 is 0 Å². The maximum atomic E-state index is 9.72. The summed E-state index contributed by atoms with van der Waals surface area (Å²) in [4.78, 5) is 13.9. The van der Waals surface area contributed by atoms with Crippen LogP contribution in [0.2, 0.25) is 0 Å². The van der Waals surface area contributed by atoms with Gasteiger partial charge in [-0.1, -0.05) is 26.7 Å². The maximum Gasteiger partial charge on any atom is 0.294 e. The average molecular weight is 147 g/mol. The van der Waals surface area contributed by atoms with Crippen molar-refractivity contribution in [2.24, 2.45) is 5.92 Å². The first-order valence-corrected chi connectivity index (χ1v) is 3.48. The molecule has 0 aromatic rings. The van der Waals surface area contributed by atoms with E-state index in [0.29, 0.717) is 5.92 Å². The Kier molecular flexibility index (Phi) is 4.62. The van der Waals surface area contributed by atoms with E-state index in [-0.39, 0.29) is 6.61 Å². The second-order valence-corrected chi connectivity index (χ2v) is 2.20. The summed E-state index contributed by atoms with van der Waals surface area (Å²) < 4.78 is 0. The first-order valence-electron chi connectivity index (χ1n) is 3.48. The van der Waals surface area contributed by atoms with Gasteiger partial charge in [0.25, 0.3) is 5.09 Å². The highest BCUT2D eigenvalue weighted by molar-refractivity contribution is 4.49. The van der Waals surface area contributed by atoms with Gasteiger partial charge in [-0.05, 0) is 5.92 Å². The monoisotopic (exact) mass is 147 g/mol. The van der Waals surface area contributed by atoms with Crippen molar-refractivity contribution in [3.63, 3.8) is 0 Å². The lowest BCUT2D eigenvalue weighted by atomic mass is 10.1. The molecule has 0 rings (SSSR count). The Balaban J connectivity index is 3.34. The number of hydrogen-bond donors (Lipinski definition) is 0. The standard InChI is InChI=1S/C6H13NO3/c1-3-6(4-2)5-10-7(8)9/h6H,3-5H2,1-2H3. The van der Waals surface area contributed by atoms with Crippen LogP contribution in [-0.4, -0.2) is 11.7 Å². The SMILES string of the molecule is CCC(CC)CO[N+](=O)[O-]. The topological polar surface area (TPSA) is 52.4 Å². The van der Waals surface area contributed by atoms with Gasteiger partial charge in [0.1, 0.15) is 0 Å². The lowest BCUT2D eigenvalue weighted by Crippen LogP contribution is -2.11.